The Morgan fingerprint density at radius 2 is 2.17 bits per heavy atom. The van der Waals surface area contributed by atoms with Gasteiger partial charge in [-0.15, -0.1) is 0 Å². The number of amides is 1. The zero-order valence-corrected chi connectivity index (χ0v) is 16.4. The number of nitrogens with zero attached hydrogens (tertiary/aromatic N) is 4. The molecule has 0 bridgehead atoms. The van der Waals surface area contributed by atoms with Crippen molar-refractivity contribution in [2.75, 3.05) is 31.7 Å². The summed E-state index contributed by atoms with van der Waals surface area (Å²) in [6.45, 7) is 3.11. The summed E-state index contributed by atoms with van der Waals surface area (Å²) in [6, 6.07) is 5.24. The van der Waals surface area contributed by atoms with Gasteiger partial charge >= 0.3 is 0 Å². The average Bonchev–Trinajstić information content (AvgIpc) is 3.31. The van der Waals surface area contributed by atoms with Gasteiger partial charge in [0, 0.05) is 49.7 Å². The summed E-state index contributed by atoms with van der Waals surface area (Å²) in [5.41, 5.74) is -0.00525. The van der Waals surface area contributed by atoms with Crippen LogP contribution in [0.25, 0.3) is 16.7 Å². The highest BCUT2D eigenvalue weighted by molar-refractivity contribution is 5.90. The van der Waals surface area contributed by atoms with Crippen LogP contribution in [0.3, 0.4) is 0 Å². The van der Waals surface area contributed by atoms with Crippen LogP contribution >= 0.6 is 0 Å². The van der Waals surface area contributed by atoms with E-state index in [1.165, 1.54) is 6.92 Å². The van der Waals surface area contributed by atoms with Crippen LogP contribution in [0.5, 0.6) is 5.75 Å². The van der Waals surface area contributed by atoms with Crippen LogP contribution in [0.4, 0.5) is 5.82 Å². The van der Waals surface area contributed by atoms with Crippen molar-refractivity contribution < 1.29 is 24.1 Å². The third-order valence-corrected chi connectivity index (χ3v) is 5.15. The minimum atomic E-state index is -1.18. The molecule has 1 atom stereocenters. The predicted molar refractivity (Wildman–Crippen MR) is 106 cm³/mol. The Morgan fingerprint density at radius 3 is 2.87 bits per heavy atom. The van der Waals surface area contributed by atoms with E-state index in [1.807, 2.05) is 0 Å². The Labute approximate surface area is 171 Å². The van der Waals surface area contributed by atoms with Crippen LogP contribution in [-0.2, 0) is 19.9 Å². The lowest BCUT2D eigenvalue weighted by Crippen LogP contribution is -2.38. The molecule has 2 N–H and O–H groups in total. The van der Waals surface area contributed by atoms with E-state index in [-0.39, 0.29) is 18.6 Å². The summed E-state index contributed by atoms with van der Waals surface area (Å²) in [6.07, 6.45) is 3.72. The number of hydrogen-bond acceptors (Lipinski definition) is 8. The van der Waals surface area contributed by atoms with Crippen molar-refractivity contribution in [2.24, 2.45) is 0 Å². The molecule has 2 aliphatic heterocycles. The molecule has 10 heteroatoms. The fourth-order valence-electron chi connectivity index (χ4n) is 3.49. The van der Waals surface area contributed by atoms with Crippen LogP contribution < -0.4 is 10.1 Å². The minimum absolute atomic E-state index is 0.0347. The molecule has 5 rings (SSSR count). The lowest BCUT2D eigenvalue weighted by Gasteiger charge is -2.28. The van der Waals surface area contributed by atoms with Gasteiger partial charge < -0.3 is 24.6 Å². The lowest BCUT2D eigenvalue weighted by molar-refractivity contribution is -0.114. The fraction of sp³-hybridized carbons (Fsp3) is 0.400. The first-order valence-corrected chi connectivity index (χ1v) is 9.69. The lowest BCUT2D eigenvalue weighted by atomic mass is 9.98. The molecule has 2 saturated heterocycles. The van der Waals surface area contributed by atoms with E-state index >= 15 is 0 Å². The van der Waals surface area contributed by atoms with Crippen LogP contribution in [0, 0.1) is 0 Å². The number of fused-ring (bicyclic) bond motifs is 1. The van der Waals surface area contributed by atoms with Crippen molar-refractivity contribution >= 4 is 22.6 Å². The van der Waals surface area contributed by atoms with Gasteiger partial charge in [-0.3, -0.25) is 4.79 Å². The number of ether oxygens (including phenoxy) is 3. The third kappa shape index (κ3) is 3.49. The van der Waals surface area contributed by atoms with E-state index < -0.39 is 5.60 Å². The molecule has 0 aromatic carbocycles. The number of rotatable bonds is 5. The molecule has 30 heavy (non-hydrogen) atoms. The Morgan fingerprint density at radius 1 is 1.30 bits per heavy atom. The van der Waals surface area contributed by atoms with Gasteiger partial charge in [0.05, 0.1) is 37.2 Å². The van der Waals surface area contributed by atoms with Gasteiger partial charge in [0.1, 0.15) is 23.3 Å². The van der Waals surface area contributed by atoms with Gasteiger partial charge in [0.15, 0.2) is 5.82 Å². The molecule has 3 aromatic rings. The van der Waals surface area contributed by atoms with Crippen molar-refractivity contribution in [3.8, 4) is 11.6 Å². The van der Waals surface area contributed by atoms with Gasteiger partial charge in [0.25, 0.3) is 0 Å². The SMILES string of the molecule is CC(=O)Nc1cc2c(cn1)cnn2-c1cc(OC2COC2)cc(C2(O)CCOC2)n1. The normalized spacial score (nSPS) is 21.5. The molecule has 0 saturated carbocycles. The summed E-state index contributed by atoms with van der Waals surface area (Å²) in [5, 5.41) is 18.9. The Kier molecular flexibility index (Phi) is 4.61. The van der Waals surface area contributed by atoms with E-state index in [4.69, 9.17) is 14.2 Å². The Bertz CT molecular complexity index is 1100. The molecule has 2 fully saturated rings. The standard InChI is InChI=1S/C20H21N5O5/c1-12(26)23-18-6-16-13(7-21-18)8-22-25(16)19-5-14(30-15-9-29-10-15)4-17(24-19)20(27)2-3-28-11-20/h4-8,15,27H,2-3,9-11H2,1H3,(H,21,23,26). The number of hydrogen-bond donors (Lipinski definition) is 2. The molecule has 5 heterocycles. The third-order valence-electron chi connectivity index (χ3n) is 5.15. The largest absolute Gasteiger partial charge is 0.485 e. The second kappa shape index (κ2) is 7.31. The van der Waals surface area contributed by atoms with Crippen molar-refractivity contribution in [3.63, 3.8) is 0 Å². The summed E-state index contributed by atoms with van der Waals surface area (Å²) in [5.74, 6) is 1.26. The zero-order chi connectivity index (χ0) is 20.7. The molecular weight excluding hydrogens is 390 g/mol. The summed E-state index contributed by atoms with van der Waals surface area (Å²) < 4.78 is 18.2. The average molecular weight is 411 g/mol. The Hall–Kier alpha value is -3.08. The van der Waals surface area contributed by atoms with E-state index in [1.54, 1.807) is 35.3 Å². The van der Waals surface area contributed by atoms with Crippen LogP contribution in [0.1, 0.15) is 19.0 Å². The van der Waals surface area contributed by atoms with E-state index in [9.17, 15) is 9.90 Å². The number of carbonyl (C=O) groups excluding carboxylic acids is 1. The monoisotopic (exact) mass is 411 g/mol. The summed E-state index contributed by atoms with van der Waals surface area (Å²) >= 11 is 0. The van der Waals surface area contributed by atoms with E-state index in [0.717, 1.165) is 5.39 Å². The summed E-state index contributed by atoms with van der Waals surface area (Å²) in [4.78, 5) is 20.3. The number of aliphatic hydroxyl groups is 1. The van der Waals surface area contributed by atoms with Crippen molar-refractivity contribution in [1.82, 2.24) is 19.7 Å². The van der Waals surface area contributed by atoms with Crippen LogP contribution in [-0.4, -0.2) is 63.3 Å². The maximum absolute atomic E-state index is 11.4. The van der Waals surface area contributed by atoms with Gasteiger partial charge in [-0.1, -0.05) is 0 Å². The Balaban J connectivity index is 1.60. The number of pyridine rings is 2. The van der Waals surface area contributed by atoms with Crippen molar-refractivity contribution in [3.05, 3.63) is 36.3 Å². The second-order valence-electron chi connectivity index (χ2n) is 7.52. The molecule has 0 radical (unpaired) electrons. The quantitative estimate of drug-likeness (QED) is 0.642. The molecule has 3 aromatic heterocycles. The second-order valence-corrected chi connectivity index (χ2v) is 7.52. The number of anilines is 1. The topological polar surface area (TPSA) is 121 Å². The highest BCUT2D eigenvalue weighted by Gasteiger charge is 2.37. The molecule has 156 valence electrons. The highest BCUT2D eigenvalue weighted by Crippen LogP contribution is 2.33. The summed E-state index contributed by atoms with van der Waals surface area (Å²) in [7, 11) is 0. The fourth-order valence-corrected chi connectivity index (χ4v) is 3.49. The number of carbonyl (C=O) groups is 1. The molecule has 1 amide bonds. The molecular formula is C20H21N5O5. The zero-order valence-electron chi connectivity index (χ0n) is 16.4. The van der Waals surface area contributed by atoms with E-state index in [2.05, 4.69) is 20.4 Å². The van der Waals surface area contributed by atoms with Gasteiger partial charge in [-0.25, -0.2) is 14.6 Å². The molecule has 1 unspecified atom stereocenters. The van der Waals surface area contributed by atoms with Crippen LogP contribution in [0.2, 0.25) is 0 Å². The maximum Gasteiger partial charge on any atom is 0.222 e. The van der Waals surface area contributed by atoms with Gasteiger partial charge in [-0.05, 0) is 0 Å². The van der Waals surface area contributed by atoms with Crippen molar-refractivity contribution in [1.29, 1.82) is 0 Å². The maximum atomic E-state index is 11.4. The predicted octanol–water partition coefficient (Wildman–Crippen LogP) is 1.16. The van der Waals surface area contributed by atoms with Gasteiger partial charge in [-0.2, -0.15) is 5.10 Å². The van der Waals surface area contributed by atoms with Gasteiger partial charge in [0.2, 0.25) is 5.91 Å². The van der Waals surface area contributed by atoms with E-state index in [0.29, 0.717) is 54.8 Å². The first-order valence-electron chi connectivity index (χ1n) is 9.69. The minimum Gasteiger partial charge on any atom is -0.485 e. The van der Waals surface area contributed by atoms with Crippen molar-refractivity contribution in [2.45, 2.75) is 25.0 Å². The molecule has 0 aliphatic carbocycles. The van der Waals surface area contributed by atoms with Crippen LogP contribution in [0.15, 0.2) is 30.6 Å². The first-order chi connectivity index (χ1) is 14.5. The molecule has 0 spiro atoms. The number of aromatic nitrogens is 4. The highest BCUT2D eigenvalue weighted by atomic mass is 16.6. The molecule has 2 aliphatic rings. The first kappa shape index (κ1) is 18.9. The number of nitrogens with one attached hydrogen (secondary N) is 1. The smallest absolute Gasteiger partial charge is 0.222 e. The molecule has 10 nitrogen and oxygen atoms in total.